The van der Waals surface area contributed by atoms with Crippen LogP contribution >= 0.6 is 0 Å². The Morgan fingerprint density at radius 2 is 1.91 bits per heavy atom. The van der Waals surface area contributed by atoms with Crippen molar-refractivity contribution in [3.63, 3.8) is 0 Å². The molecule has 2 aliphatic rings. The molecule has 2 heterocycles. The quantitative estimate of drug-likeness (QED) is 0.383. The van der Waals surface area contributed by atoms with E-state index in [0.717, 1.165) is 25.7 Å². The summed E-state index contributed by atoms with van der Waals surface area (Å²) in [4.78, 5) is 44.9. The summed E-state index contributed by atoms with van der Waals surface area (Å²) in [6.07, 6.45) is 5.26. The van der Waals surface area contributed by atoms with Gasteiger partial charge in [0.05, 0.1) is 19.6 Å². The molecular weight excluding hydrogens is 455 g/mol. The molecular formula is C26H33FN2O6. The number of ether oxygens (including phenoxy) is 2. The first-order valence-electron chi connectivity index (χ1n) is 12.6. The van der Waals surface area contributed by atoms with Crippen LogP contribution in [-0.4, -0.2) is 60.0 Å². The zero-order valence-electron chi connectivity index (χ0n) is 20.2. The predicted octanol–water partition coefficient (Wildman–Crippen LogP) is 4.31. The predicted molar refractivity (Wildman–Crippen MR) is 125 cm³/mol. The highest BCUT2D eigenvalue weighted by Crippen LogP contribution is 2.29. The summed E-state index contributed by atoms with van der Waals surface area (Å²) < 4.78 is 30.4. The average Bonchev–Trinajstić information content (AvgIpc) is 3.33. The number of carbonyl (C=O) groups is 3. The number of oxazole rings is 1. The van der Waals surface area contributed by atoms with Crippen molar-refractivity contribution in [1.82, 2.24) is 9.88 Å². The third kappa shape index (κ3) is 6.25. The van der Waals surface area contributed by atoms with Gasteiger partial charge in [0.2, 0.25) is 5.78 Å². The summed E-state index contributed by atoms with van der Waals surface area (Å²) in [6, 6.07) is 4.27. The SMILES string of the molecule is CC[C@H](CC(=O)O[C@@H](CC1CCCCC1)C(=O)N1CCOCC1)C(=O)c1nc2cccc(F)c2o1. The number of halogens is 1. The molecule has 190 valence electrons. The van der Waals surface area contributed by atoms with E-state index in [2.05, 4.69) is 4.98 Å². The largest absolute Gasteiger partial charge is 0.452 e. The molecule has 2 fully saturated rings. The Morgan fingerprint density at radius 1 is 1.17 bits per heavy atom. The van der Waals surface area contributed by atoms with Gasteiger partial charge >= 0.3 is 5.97 Å². The number of Topliss-reactive ketones (excluding diaryl/α,β-unsaturated/α-hetero) is 1. The standard InChI is InChI=1S/C26H33FN2O6/c1-2-18(23(31)25-28-20-10-6-9-19(27)24(20)35-25)16-22(30)34-21(15-17-7-4-3-5-8-17)26(32)29-11-13-33-14-12-29/h6,9-10,17-18,21H,2-5,7-8,11-16H2,1H3/t18-,21+/m1/s1. The van der Waals surface area contributed by atoms with Crippen LogP contribution in [0, 0.1) is 17.7 Å². The van der Waals surface area contributed by atoms with Crippen molar-refractivity contribution in [3.8, 4) is 0 Å². The van der Waals surface area contributed by atoms with E-state index in [-0.39, 0.29) is 29.3 Å². The molecule has 35 heavy (non-hydrogen) atoms. The Hall–Kier alpha value is -2.81. The molecule has 2 atom stereocenters. The fraction of sp³-hybridized carbons (Fsp3) is 0.615. The molecule has 1 saturated heterocycles. The number of carbonyl (C=O) groups excluding carboxylic acids is 3. The van der Waals surface area contributed by atoms with E-state index in [1.54, 1.807) is 17.9 Å². The Balaban J connectivity index is 1.43. The number of ketones is 1. The molecule has 1 saturated carbocycles. The van der Waals surface area contributed by atoms with Crippen molar-refractivity contribution >= 4 is 28.8 Å². The monoisotopic (exact) mass is 488 g/mol. The minimum atomic E-state index is -0.866. The van der Waals surface area contributed by atoms with Gasteiger partial charge < -0.3 is 18.8 Å². The minimum absolute atomic E-state index is 0.0862. The summed E-state index contributed by atoms with van der Waals surface area (Å²) in [6.45, 7) is 3.65. The van der Waals surface area contributed by atoms with Crippen LogP contribution in [0.5, 0.6) is 0 Å². The molecule has 1 aromatic heterocycles. The van der Waals surface area contributed by atoms with Crippen molar-refractivity contribution in [2.45, 2.75) is 64.4 Å². The van der Waals surface area contributed by atoms with Gasteiger partial charge in [-0.15, -0.1) is 0 Å². The first-order chi connectivity index (χ1) is 17.0. The highest BCUT2D eigenvalue weighted by atomic mass is 19.1. The van der Waals surface area contributed by atoms with Crippen LogP contribution in [-0.2, 0) is 19.1 Å². The van der Waals surface area contributed by atoms with Crippen molar-refractivity contribution in [3.05, 3.63) is 29.9 Å². The fourth-order valence-electron chi connectivity index (χ4n) is 4.94. The maximum atomic E-state index is 14.0. The third-order valence-corrected chi connectivity index (χ3v) is 7.00. The highest BCUT2D eigenvalue weighted by molar-refractivity contribution is 5.97. The maximum absolute atomic E-state index is 14.0. The molecule has 4 rings (SSSR count). The molecule has 8 nitrogen and oxygen atoms in total. The van der Waals surface area contributed by atoms with Gasteiger partial charge in [0.25, 0.3) is 11.8 Å². The van der Waals surface area contributed by atoms with Crippen LogP contribution in [0.3, 0.4) is 0 Å². The average molecular weight is 489 g/mol. The number of amides is 1. The van der Waals surface area contributed by atoms with Gasteiger partial charge in [0.15, 0.2) is 17.5 Å². The first kappa shape index (κ1) is 25.3. The second-order valence-corrected chi connectivity index (χ2v) is 9.44. The normalized spacial score (nSPS) is 18.9. The zero-order chi connectivity index (χ0) is 24.8. The van der Waals surface area contributed by atoms with Crippen LogP contribution in [0.4, 0.5) is 4.39 Å². The Morgan fingerprint density at radius 3 is 2.60 bits per heavy atom. The molecule has 9 heteroatoms. The topological polar surface area (TPSA) is 98.9 Å². The summed E-state index contributed by atoms with van der Waals surface area (Å²) in [5.41, 5.74) is 0.159. The van der Waals surface area contributed by atoms with Crippen LogP contribution < -0.4 is 0 Å². The lowest BCUT2D eigenvalue weighted by Gasteiger charge is -2.32. The van der Waals surface area contributed by atoms with Crippen molar-refractivity contribution in [1.29, 1.82) is 0 Å². The lowest BCUT2D eigenvalue weighted by molar-refractivity contribution is -0.164. The number of rotatable bonds is 9. The second-order valence-electron chi connectivity index (χ2n) is 9.44. The molecule has 0 radical (unpaired) electrons. The third-order valence-electron chi connectivity index (χ3n) is 7.00. The molecule has 1 aliphatic carbocycles. The number of morpholine rings is 1. The second kappa shape index (κ2) is 11.7. The van der Waals surface area contributed by atoms with Crippen LogP contribution in [0.1, 0.15) is 69.0 Å². The summed E-state index contributed by atoms with van der Waals surface area (Å²) in [5.74, 6) is -2.52. The van der Waals surface area contributed by atoms with Crippen LogP contribution in [0.2, 0.25) is 0 Å². The molecule has 0 N–H and O–H groups in total. The molecule has 1 amide bonds. The Bertz CT molecular complexity index is 1040. The van der Waals surface area contributed by atoms with Gasteiger partial charge in [0, 0.05) is 19.0 Å². The molecule has 0 bridgehead atoms. The Kier molecular flexibility index (Phi) is 8.49. The summed E-state index contributed by atoms with van der Waals surface area (Å²) in [5, 5.41) is 0. The minimum Gasteiger partial charge on any atom is -0.452 e. The van der Waals surface area contributed by atoms with E-state index in [4.69, 9.17) is 13.9 Å². The maximum Gasteiger partial charge on any atom is 0.307 e. The van der Waals surface area contributed by atoms with Crippen molar-refractivity contribution < 1.29 is 32.7 Å². The number of fused-ring (bicyclic) bond motifs is 1. The molecule has 1 aromatic carbocycles. The van der Waals surface area contributed by atoms with Crippen LogP contribution in [0.25, 0.3) is 11.1 Å². The van der Waals surface area contributed by atoms with Gasteiger partial charge in [0.1, 0.15) is 5.52 Å². The number of esters is 1. The molecule has 1 aliphatic heterocycles. The van der Waals surface area contributed by atoms with Crippen LogP contribution in [0.15, 0.2) is 22.6 Å². The lowest BCUT2D eigenvalue weighted by Crippen LogP contribution is -2.47. The Labute approximate surface area is 204 Å². The van der Waals surface area contributed by atoms with E-state index in [9.17, 15) is 18.8 Å². The summed E-state index contributed by atoms with van der Waals surface area (Å²) in [7, 11) is 0. The van der Waals surface area contributed by atoms with Crippen molar-refractivity contribution in [2.75, 3.05) is 26.3 Å². The van der Waals surface area contributed by atoms with Gasteiger partial charge in [-0.25, -0.2) is 9.37 Å². The fourth-order valence-corrected chi connectivity index (χ4v) is 4.94. The number of hydrogen-bond donors (Lipinski definition) is 0. The van der Waals surface area contributed by atoms with Crippen molar-refractivity contribution in [2.24, 2.45) is 11.8 Å². The van der Waals surface area contributed by atoms with E-state index >= 15 is 0 Å². The zero-order valence-corrected chi connectivity index (χ0v) is 20.2. The lowest BCUT2D eigenvalue weighted by atomic mass is 9.85. The number of hydrogen-bond acceptors (Lipinski definition) is 7. The van der Waals surface area contributed by atoms with Gasteiger partial charge in [-0.3, -0.25) is 14.4 Å². The van der Waals surface area contributed by atoms with Gasteiger partial charge in [-0.05, 0) is 30.9 Å². The smallest absolute Gasteiger partial charge is 0.307 e. The summed E-state index contributed by atoms with van der Waals surface area (Å²) >= 11 is 0. The number of para-hydroxylation sites is 1. The first-order valence-corrected chi connectivity index (χ1v) is 12.6. The van der Waals surface area contributed by atoms with Gasteiger partial charge in [-0.2, -0.15) is 0 Å². The number of nitrogens with zero attached hydrogens (tertiary/aromatic N) is 2. The molecule has 0 spiro atoms. The van der Waals surface area contributed by atoms with E-state index in [1.807, 2.05) is 0 Å². The van der Waals surface area contributed by atoms with E-state index in [0.29, 0.717) is 45.1 Å². The van der Waals surface area contributed by atoms with E-state index in [1.165, 1.54) is 18.6 Å². The number of aromatic nitrogens is 1. The molecule has 2 aromatic rings. The number of benzene rings is 1. The van der Waals surface area contributed by atoms with E-state index < -0.39 is 29.6 Å². The molecule has 0 unspecified atom stereocenters. The highest BCUT2D eigenvalue weighted by Gasteiger charge is 2.34. The van der Waals surface area contributed by atoms with Gasteiger partial charge in [-0.1, -0.05) is 45.1 Å².